The van der Waals surface area contributed by atoms with Gasteiger partial charge in [0.1, 0.15) is 11.3 Å². The normalized spacial score (nSPS) is 9.62. The predicted octanol–water partition coefficient (Wildman–Crippen LogP) is 1.21. The van der Waals surface area contributed by atoms with Crippen molar-refractivity contribution < 1.29 is 19.8 Å². The van der Waals surface area contributed by atoms with E-state index in [1.165, 1.54) is 12.1 Å². The molecule has 4 nitrogen and oxygen atoms in total. The molecule has 0 aromatic heterocycles. The van der Waals surface area contributed by atoms with E-state index in [0.29, 0.717) is 11.8 Å². The number of hydrogen-bond acceptors (Lipinski definition) is 3. The molecule has 0 radical (unpaired) electrons. The molecule has 0 amide bonds. The summed E-state index contributed by atoms with van der Waals surface area (Å²) in [7, 11) is 0. The fourth-order valence-corrected chi connectivity index (χ4v) is 1.03. The zero-order valence-corrected chi connectivity index (χ0v) is 6.94. The molecule has 1 rings (SSSR count). The summed E-state index contributed by atoms with van der Waals surface area (Å²) < 4.78 is 0. The van der Waals surface area contributed by atoms with Crippen molar-refractivity contribution in [2.45, 2.75) is 6.92 Å². The molecule has 0 heterocycles. The van der Waals surface area contributed by atoms with Gasteiger partial charge in [-0.05, 0) is 18.6 Å². The molecule has 0 saturated carbocycles. The molecule has 0 saturated heterocycles. The zero-order chi connectivity index (χ0) is 10.0. The van der Waals surface area contributed by atoms with Crippen molar-refractivity contribution in [1.29, 1.82) is 0 Å². The summed E-state index contributed by atoms with van der Waals surface area (Å²) in [6, 6.07) is 2.74. The first kappa shape index (κ1) is 9.25. The smallest absolute Gasteiger partial charge is 0.339 e. The number of aromatic carboxylic acids is 1. The Balaban J connectivity index is 3.44. The Bertz CT molecular complexity index is 368. The average molecular weight is 180 g/mol. The van der Waals surface area contributed by atoms with E-state index in [-0.39, 0.29) is 11.1 Å². The maximum atomic E-state index is 10.5. The number of aromatic hydroxyl groups is 1. The predicted molar refractivity (Wildman–Crippen MR) is 45.2 cm³/mol. The van der Waals surface area contributed by atoms with Crippen LogP contribution >= 0.6 is 0 Å². The second-order valence-electron chi connectivity index (χ2n) is 2.62. The molecule has 0 atom stereocenters. The van der Waals surface area contributed by atoms with E-state index >= 15 is 0 Å². The number of rotatable bonds is 2. The van der Waals surface area contributed by atoms with Gasteiger partial charge in [0, 0.05) is 0 Å². The van der Waals surface area contributed by atoms with Crippen LogP contribution in [0.15, 0.2) is 12.1 Å². The summed E-state index contributed by atoms with van der Waals surface area (Å²) in [5, 5.41) is 17.9. The Kier molecular flexibility index (Phi) is 2.32. The number of phenols is 1. The van der Waals surface area contributed by atoms with Gasteiger partial charge in [-0.15, -0.1) is 0 Å². The number of aryl methyl sites for hydroxylation is 1. The molecule has 4 heteroatoms. The lowest BCUT2D eigenvalue weighted by atomic mass is 10.0. The number of carboxylic acids is 1. The third-order valence-corrected chi connectivity index (χ3v) is 1.78. The van der Waals surface area contributed by atoms with Gasteiger partial charge in [-0.25, -0.2) is 4.79 Å². The molecule has 0 aliphatic carbocycles. The lowest BCUT2D eigenvalue weighted by molar-refractivity contribution is 0.0693. The lowest BCUT2D eigenvalue weighted by Gasteiger charge is -2.04. The number of carbonyl (C=O) groups is 2. The summed E-state index contributed by atoms with van der Waals surface area (Å²) in [4.78, 5) is 21.0. The maximum Gasteiger partial charge on any atom is 0.339 e. The van der Waals surface area contributed by atoms with Crippen LogP contribution in [0.1, 0.15) is 26.3 Å². The summed E-state index contributed by atoms with van der Waals surface area (Å²) >= 11 is 0. The fraction of sp³-hybridized carbons (Fsp3) is 0.111. The van der Waals surface area contributed by atoms with E-state index in [2.05, 4.69) is 0 Å². The Morgan fingerprint density at radius 2 is 2.08 bits per heavy atom. The number of benzene rings is 1. The monoisotopic (exact) mass is 180 g/mol. The van der Waals surface area contributed by atoms with E-state index in [4.69, 9.17) is 5.11 Å². The summed E-state index contributed by atoms with van der Waals surface area (Å²) in [5.41, 5.74) is 0.324. The van der Waals surface area contributed by atoms with Crippen LogP contribution in [-0.2, 0) is 0 Å². The average Bonchev–Trinajstić information content (AvgIpc) is 2.04. The largest absolute Gasteiger partial charge is 0.506 e. The van der Waals surface area contributed by atoms with Crippen LogP contribution in [0.3, 0.4) is 0 Å². The van der Waals surface area contributed by atoms with Crippen LogP contribution in [0, 0.1) is 6.92 Å². The highest BCUT2D eigenvalue weighted by molar-refractivity contribution is 5.95. The summed E-state index contributed by atoms with van der Waals surface area (Å²) in [5.74, 6) is -1.72. The highest BCUT2D eigenvalue weighted by atomic mass is 16.4. The Morgan fingerprint density at radius 1 is 1.46 bits per heavy atom. The third-order valence-electron chi connectivity index (χ3n) is 1.78. The molecule has 1 aromatic carbocycles. The Morgan fingerprint density at radius 3 is 2.54 bits per heavy atom. The number of hydrogen-bond donors (Lipinski definition) is 2. The highest BCUT2D eigenvalue weighted by Gasteiger charge is 2.14. The van der Waals surface area contributed by atoms with E-state index in [1.54, 1.807) is 6.92 Å². The van der Waals surface area contributed by atoms with E-state index in [9.17, 15) is 14.7 Å². The van der Waals surface area contributed by atoms with Crippen LogP contribution in [0.5, 0.6) is 5.75 Å². The van der Waals surface area contributed by atoms with Crippen LogP contribution in [0.4, 0.5) is 0 Å². The third kappa shape index (κ3) is 1.51. The minimum Gasteiger partial charge on any atom is -0.506 e. The highest BCUT2D eigenvalue weighted by Crippen LogP contribution is 2.23. The number of aldehydes is 1. The molecule has 1 aromatic rings. The van der Waals surface area contributed by atoms with E-state index < -0.39 is 11.7 Å². The standard InChI is InChI=1S/C9H8O4/c1-5-2-3-6(9(12)13)8(11)7(5)4-10/h2-4,11H,1H3,(H,12,13). The van der Waals surface area contributed by atoms with Gasteiger partial charge in [-0.2, -0.15) is 0 Å². The molecule has 2 N–H and O–H groups in total. The zero-order valence-electron chi connectivity index (χ0n) is 6.94. The number of carboxylic acid groups (broad SMARTS) is 1. The van der Waals surface area contributed by atoms with Gasteiger partial charge in [-0.3, -0.25) is 4.79 Å². The lowest BCUT2D eigenvalue weighted by Crippen LogP contribution is -2.00. The van der Waals surface area contributed by atoms with Gasteiger partial charge in [0.2, 0.25) is 0 Å². The molecule has 0 unspecified atom stereocenters. The van der Waals surface area contributed by atoms with Crippen molar-refractivity contribution in [2.24, 2.45) is 0 Å². The van der Waals surface area contributed by atoms with Crippen molar-refractivity contribution in [2.75, 3.05) is 0 Å². The number of carbonyl (C=O) groups excluding carboxylic acids is 1. The van der Waals surface area contributed by atoms with Crippen LogP contribution in [-0.4, -0.2) is 22.5 Å². The van der Waals surface area contributed by atoms with Crippen molar-refractivity contribution >= 4 is 12.3 Å². The fourth-order valence-electron chi connectivity index (χ4n) is 1.03. The van der Waals surface area contributed by atoms with Crippen LogP contribution in [0.2, 0.25) is 0 Å². The molecular weight excluding hydrogens is 172 g/mol. The maximum absolute atomic E-state index is 10.5. The first-order valence-electron chi connectivity index (χ1n) is 3.59. The minimum atomic E-state index is -1.25. The SMILES string of the molecule is Cc1ccc(C(=O)O)c(O)c1C=O. The molecule has 0 aliphatic rings. The van der Waals surface area contributed by atoms with Crippen molar-refractivity contribution in [3.05, 3.63) is 28.8 Å². The summed E-state index contributed by atoms with van der Waals surface area (Å²) in [6.45, 7) is 1.62. The van der Waals surface area contributed by atoms with Gasteiger partial charge < -0.3 is 10.2 Å². The van der Waals surface area contributed by atoms with Gasteiger partial charge in [0.05, 0.1) is 5.56 Å². The van der Waals surface area contributed by atoms with Gasteiger partial charge >= 0.3 is 5.97 Å². The molecule has 68 valence electrons. The van der Waals surface area contributed by atoms with Gasteiger partial charge in [0.15, 0.2) is 6.29 Å². The summed E-state index contributed by atoms with van der Waals surface area (Å²) in [6.07, 6.45) is 0.442. The molecule has 0 fully saturated rings. The van der Waals surface area contributed by atoms with Gasteiger partial charge in [0.25, 0.3) is 0 Å². The van der Waals surface area contributed by atoms with Crippen molar-refractivity contribution in [1.82, 2.24) is 0 Å². The van der Waals surface area contributed by atoms with E-state index in [0.717, 1.165) is 0 Å². The quantitative estimate of drug-likeness (QED) is 0.671. The molecular formula is C9H8O4. The molecule has 0 aliphatic heterocycles. The molecule has 0 spiro atoms. The minimum absolute atomic E-state index is 0.0277. The Labute approximate surface area is 74.4 Å². The second-order valence-corrected chi connectivity index (χ2v) is 2.62. The molecule has 13 heavy (non-hydrogen) atoms. The Hall–Kier alpha value is -1.84. The topological polar surface area (TPSA) is 74.6 Å². The van der Waals surface area contributed by atoms with Crippen molar-refractivity contribution in [3.63, 3.8) is 0 Å². The first-order valence-corrected chi connectivity index (χ1v) is 3.59. The van der Waals surface area contributed by atoms with Crippen LogP contribution in [0.25, 0.3) is 0 Å². The van der Waals surface area contributed by atoms with Gasteiger partial charge in [-0.1, -0.05) is 6.07 Å². The van der Waals surface area contributed by atoms with Crippen molar-refractivity contribution in [3.8, 4) is 5.75 Å². The molecule has 0 bridgehead atoms. The van der Waals surface area contributed by atoms with E-state index in [1.807, 2.05) is 0 Å². The first-order chi connectivity index (χ1) is 6.07. The van der Waals surface area contributed by atoms with Crippen LogP contribution < -0.4 is 0 Å². The second kappa shape index (κ2) is 3.26.